The fourth-order valence-corrected chi connectivity index (χ4v) is 1.71. The second-order valence-electron chi connectivity index (χ2n) is 3.94. The Morgan fingerprint density at radius 2 is 1.88 bits per heavy atom. The molecule has 0 fully saturated rings. The molecule has 0 aliphatic rings. The van der Waals surface area contributed by atoms with Crippen molar-refractivity contribution in [2.45, 2.75) is 31.2 Å². The van der Waals surface area contributed by atoms with Crippen LogP contribution in [0.2, 0.25) is 0 Å². The summed E-state index contributed by atoms with van der Waals surface area (Å²) in [5, 5.41) is 8.67. The van der Waals surface area contributed by atoms with Crippen LogP contribution in [0.5, 0.6) is 0 Å². The van der Waals surface area contributed by atoms with Gasteiger partial charge in [-0.3, -0.25) is 0 Å². The highest BCUT2D eigenvalue weighted by atomic mass is 35.5. The van der Waals surface area contributed by atoms with Crippen molar-refractivity contribution in [2.24, 2.45) is 0 Å². The van der Waals surface area contributed by atoms with E-state index in [9.17, 15) is 13.9 Å². The third kappa shape index (κ3) is 4.44. The molecule has 94 valence electrons. The number of aryl methyl sites for hydroxylation is 1. The topological polar surface area (TPSA) is 20.2 Å². The fourth-order valence-electron chi connectivity index (χ4n) is 1.50. The van der Waals surface area contributed by atoms with Gasteiger partial charge >= 0.3 is 0 Å². The summed E-state index contributed by atoms with van der Waals surface area (Å²) in [6, 6.07) is 9.54. The first-order valence-electron chi connectivity index (χ1n) is 5.40. The van der Waals surface area contributed by atoms with E-state index in [-0.39, 0.29) is 5.57 Å². The molecule has 0 aliphatic heterocycles. The predicted octanol–water partition coefficient (Wildman–Crippen LogP) is 3.76. The zero-order valence-electron chi connectivity index (χ0n) is 9.54. The SMILES string of the molecule is CC(=C(F)F)[C@H](Cl)[C@@H](O)CCc1ccccc1. The van der Waals surface area contributed by atoms with E-state index < -0.39 is 17.6 Å². The van der Waals surface area contributed by atoms with Gasteiger partial charge in [-0.25, -0.2) is 0 Å². The molecule has 1 rings (SSSR count). The van der Waals surface area contributed by atoms with Gasteiger partial charge < -0.3 is 5.11 Å². The number of benzene rings is 1. The average Bonchev–Trinajstić information content (AvgIpc) is 2.35. The van der Waals surface area contributed by atoms with Crippen molar-refractivity contribution in [2.75, 3.05) is 0 Å². The van der Waals surface area contributed by atoms with Gasteiger partial charge in [-0.05, 0) is 25.3 Å². The minimum Gasteiger partial charge on any atom is -0.391 e. The van der Waals surface area contributed by atoms with Crippen LogP contribution in [0.4, 0.5) is 8.78 Å². The first-order valence-corrected chi connectivity index (χ1v) is 5.84. The van der Waals surface area contributed by atoms with Crippen molar-refractivity contribution in [3.8, 4) is 0 Å². The largest absolute Gasteiger partial charge is 0.391 e. The highest BCUT2D eigenvalue weighted by Crippen LogP contribution is 2.22. The molecule has 1 N–H and O–H groups in total. The number of aliphatic hydroxyl groups is 1. The number of halogens is 3. The Bertz CT molecular complexity index is 374. The minimum atomic E-state index is -1.82. The van der Waals surface area contributed by atoms with E-state index in [4.69, 9.17) is 11.6 Å². The van der Waals surface area contributed by atoms with Crippen LogP contribution in [0.1, 0.15) is 18.9 Å². The smallest absolute Gasteiger partial charge is 0.270 e. The van der Waals surface area contributed by atoms with Gasteiger partial charge in [-0.15, -0.1) is 11.6 Å². The summed E-state index contributed by atoms with van der Waals surface area (Å²) < 4.78 is 24.6. The average molecular weight is 261 g/mol. The van der Waals surface area contributed by atoms with Gasteiger partial charge in [-0.2, -0.15) is 8.78 Å². The zero-order valence-corrected chi connectivity index (χ0v) is 10.3. The van der Waals surface area contributed by atoms with Gasteiger partial charge in [0.15, 0.2) is 0 Å². The number of hydrogen-bond donors (Lipinski definition) is 1. The first kappa shape index (κ1) is 14.1. The maximum absolute atomic E-state index is 12.3. The monoisotopic (exact) mass is 260 g/mol. The Kier molecular flexibility index (Phi) is 5.59. The molecule has 17 heavy (non-hydrogen) atoms. The summed E-state index contributed by atoms with van der Waals surface area (Å²) in [4.78, 5) is 0. The number of aliphatic hydroxyl groups excluding tert-OH is 1. The standard InChI is InChI=1S/C13H15ClF2O/c1-9(13(15)16)12(14)11(17)8-7-10-5-3-2-4-6-10/h2-6,11-12,17H,7-8H2,1H3/t11-,12-/m0/s1. The summed E-state index contributed by atoms with van der Waals surface area (Å²) in [5.74, 6) is 0. The van der Waals surface area contributed by atoms with Crippen LogP contribution in [-0.4, -0.2) is 16.6 Å². The number of rotatable bonds is 5. The van der Waals surface area contributed by atoms with Crippen molar-refractivity contribution in [1.29, 1.82) is 0 Å². The predicted molar refractivity (Wildman–Crippen MR) is 65.3 cm³/mol. The maximum atomic E-state index is 12.3. The molecule has 0 heterocycles. The van der Waals surface area contributed by atoms with E-state index in [0.29, 0.717) is 12.8 Å². The molecular formula is C13H15ClF2O. The van der Waals surface area contributed by atoms with E-state index >= 15 is 0 Å². The van der Waals surface area contributed by atoms with E-state index in [0.717, 1.165) is 5.56 Å². The summed E-state index contributed by atoms with van der Waals surface area (Å²) in [6.07, 6.45) is -1.79. The first-order chi connectivity index (χ1) is 8.02. The molecule has 0 spiro atoms. The molecule has 0 bridgehead atoms. The van der Waals surface area contributed by atoms with Gasteiger partial charge in [0.25, 0.3) is 6.08 Å². The molecule has 0 radical (unpaired) electrons. The van der Waals surface area contributed by atoms with Crippen LogP contribution < -0.4 is 0 Å². The lowest BCUT2D eigenvalue weighted by atomic mass is 10.0. The molecule has 0 aromatic heterocycles. The second-order valence-corrected chi connectivity index (χ2v) is 4.41. The molecule has 0 saturated carbocycles. The van der Waals surface area contributed by atoms with Crippen molar-refractivity contribution >= 4 is 11.6 Å². The Labute approximate surface area is 105 Å². The minimum absolute atomic E-state index is 0.257. The van der Waals surface area contributed by atoms with Crippen molar-refractivity contribution in [3.63, 3.8) is 0 Å². The third-order valence-corrected chi connectivity index (χ3v) is 3.24. The van der Waals surface area contributed by atoms with Gasteiger partial charge in [0.1, 0.15) is 0 Å². The van der Waals surface area contributed by atoms with Gasteiger partial charge in [0, 0.05) is 5.57 Å². The van der Waals surface area contributed by atoms with Gasteiger partial charge in [0.2, 0.25) is 0 Å². The second kappa shape index (κ2) is 6.72. The lowest BCUT2D eigenvalue weighted by Crippen LogP contribution is -2.23. The molecule has 2 atom stereocenters. The fraction of sp³-hybridized carbons (Fsp3) is 0.385. The summed E-state index contributed by atoms with van der Waals surface area (Å²) in [5.41, 5.74) is 0.796. The van der Waals surface area contributed by atoms with E-state index in [1.165, 1.54) is 6.92 Å². The quantitative estimate of drug-likeness (QED) is 0.800. The Hall–Kier alpha value is -0.930. The molecule has 0 aliphatic carbocycles. The highest BCUT2D eigenvalue weighted by molar-refractivity contribution is 6.22. The summed E-state index contributed by atoms with van der Waals surface area (Å²) in [7, 11) is 0. The van der Waals surface area contributed by atoms with E-state index in [2.05, 4.69) is 0 Å². The Morgan fingerprint density at radius 1 is 1.29 bits per heavy atom. The molecule has 1 aromatic carbocycles. The maximum Gasteiger partial charge on any atom is 0.270 e. The molecule has 0 unspecified atom stereocenters. The summed E-state index contributed by atoms with van der Waals surface area (Å²) in [6.45, 7) is 1.23. The molecular weight excluding hydrogens is 246 g/mol. The van der Waals surface area contributed by atoms with Crippen LogP contribution in [0.15, 0.2) is 42.0 Å². The van der Waals surface area contributed by atoms with Crippen LogP contribution in [0, 0.1) is 0 Å². The van der Waals surface area contributed by atoms with Crippen LogP contribution in [0.3, 0.4) is 0 Å². The zero-order chi connectivity index (χ0) is 12.8. The van der Waals surface area contributed by atoms with Crippen molar-refractivity contribution in [3.05, 3.63) is 47.5 Å². The molecule has 1 nitrogen and oxygen atoms in total. The third-order valence-electron chi connectivity index (χ3n) is 2.62. The number of alkyl halides is 1. The molecule has 0 saturated heterocycles. The lowest BCUT2D eigenvalue weighted by Gasteiger charge is -2.16. The summed E-state index contributed by atoms with van der Waals surface area (Å²) >= 11 is 5.76. The van der Waals surface area contributed by atoms with Crippen molar-refractivity contribution in [1.82, 2.24) is 0 Å². The Morgan fingerprint density at radius 3 is 2.41 bits per heavy atom. The van der Waals surface area contributed by atoms with E-state index in [1.54, 1.807) is 0 Å². The van der Waals surface area contributed by atoms with E-state index in [1.807, 2.05) is 30.3 Å². The Balaban J connectivity index is 2.50. The van der Waals surface area contributed by atoms with Crippen LogP contribution in [-0.2, 0) is 6.42 Å². The normalized spacial score (nSPS) is 14.2. The lowest BCUT2D eigenvalue weighted by molar-refractivity contribution is 0.166. The van der Waals surface area contributed by atoms with Crippen LogP contribution >= 0.6 is 11.6 Å². The highest BCUT2D eigenvalue weighted by Gasteiger charge is 2.21. The van der Waals surface area contributed by atoms with Crippen LogP contribution in [0.25, 0.3) is 0 Å². The van der Waals surface area contributed by atoms with Gasteiger partial charge in [0.05, 0.1) is 11.5 Å². The molecule has 4 heteroatoms. The number of hydrogen-bond acceptors (Lipinski definition) is 1. The van der Waals surface area contributed by atoms with Gasteiger partial charge in [-0.1, -0.05) is 30.3 Å². The van der Waals surface area contributed by atoms with Crippen molar-refractivity contribution < 1.29 is 13.9 Å². The molecule has 1 aromatic rings. The molecule has 0 amide bonds.